The molecule has 0 aliphatic carbocycles. The molecule has 0 fully saturated rings. The van der Waals surface area contributed by atoms with Crippen molar-refractivity contribution in [2.45, 2.75) is 0 Å². The maximum atomic E-state index is 12.9. The first-order chi connectivity index (χ1) is 7.65. The van der Waals surface area contributed by atoms with E-state index in [1.165, 1.54) is 12.1 Å². The Kier molecular flexibility index (Phi) is 3.41. The van der Waals surface area contributed by atoms with Crippen LogP contribution in [0.5, 0.6) is 0 Å². The first kappa shape index (κ1) is 11.4. The van der Waals surface area contributed by atoms with Crippen molar-refractivity contribution < 1.29 is 4.39 Å². The Morgan fingerprint density at radius 2 is 2.06 bits per heavy atom. The summed E-state index contributed by atoms with van der Waals surface area (Å²) >= 11 is 9.03. The van der Waals surface area contributed by atoms with Crippen molar-refractivity contribution in [2.24, 2.45) is 0 Å². The van der Waals surface area contributed by atoms with E-state index in [0.29, 0.717) is 9.63 Å². The van der Waals surface area contributed by atoms with Crippen molar-refractivity contribution in [3.05, 3.63) is 52.0 Å². The van der Waals surface area contributed by atoms with Crippen LogP contribution in [-0.4, -0.2) is 4.98 Å². The van der Waals surface area contributed by atoms with Crippen molar-refractivity contribution in [1.82, 2.24) is 4.98 Å². The standard InChI is InChI=1S/C11H7BrClFN2/c12-9-5-7(14)1-2-10(9)16-8-3-4-15-11(13)6-8/h1-6H,(H,15,16). The monoisotopic (exact) mass is 300 g/mol. The maximum absolute atomic E-state index is 12.9. The third-order valence-electron chi connectivity index (χ3n) is 1.94. The minimum Gasteiger partial charge on any atom is -0.354 e. The van der Waals surface area contributed by atoms with Gasteiger partial charge in [-0.15, -0.1) is 0 Å². The fourth-order valence-electron chi connectivity index (χ4n) is 1.23. The molecule has 2 rings (SSSR count). The van der Waals surface area contributed by atoms with Crippen LogP contribution in [0.3, 0.4) is 0 Å². The normalized spacial score (nSPS) is 10.2. The van der Waals surface area contributed by atoms with Crippen LogP contribution in [0, 0.1) is 5.82 Å². The molecule has 1 aromatic carbocycles. The molecule has 1 aromatic heterocycles. The van der Waals surface area contributed by atoms with Gasteiger partial charge in [0.1, 0.15) is 11.0 Å². The molecule has 0 radical (unpaired) electrons. The number of benzene rings is 1. The average Bonchev–Trinajstić information content (AvgIpc) is 2.22. The summed E-state index contributed by atoms with van der Waals surface area (Å²) in [7, 11) is 0. The lowest BCUT2D eigenvalue weighted by Crippen LogP contribution is -1.92. The van der Waals surface area contributed by atoms with E-state index in [1.54, 1.807) is 24.4 Å². The van der Waals surface area contributed by atoms with Crippen LogP contribution in [0.1, 0.15) is 0 Å². The van der Waals surface area contributed by atoms with E-state index in [1.807, 2.05) is 0 Å². The van der Waals surface area contributed by atoms with Crippen molar-refractivity contribution in [3.8, 4) is 0 Å². The molecule has 0 aliphatic rings. The summed E-state index contributed by atoms with van der Waals surface area (Å²) in [6.07, 6.45) is 1.60. The van der Waals surface area contributed by atoms with Gasteiger partial charge >= 0.3 is 0 Å². The molecule has 0 atom stereocenters. The number of nitrogens with one attached hydrogen (secondary N) is 1. The Morgan fingerprint density at radius 3 is 2.75 bits per heavy atom. The lowest BCUT2D eigenvalue weighted by molar-refractivity contribution is 0.627. The lowest BCUT2D eigenvalue weighted by Gasteiger charge is -2.08. The third-order valence-corrected chi connectivity index (χ3v) is 2.80. The van der Waals surface area contributed by atoms with Crippen molar-refractivity contribution in [3.63, 3.8) is 0 Å². The van der Waals surface area contributed by atoms with Gasteiger partial charge in [-0.2, -0.15) is 0 Å². The highest BCUT2D eigenvalue weighted by Gasteiger charge is 2.02. The summed E-state index contributed by atoms with van der Waals surface area (Å²) in [4.78, 5) is 3.87. The fourth-order valence-corrected chi connectivity index (χ4v) is 1.85. The molecule has 16 heavy (non-hydrogen) atoms. The second kappa shape index (κ2) is 4.80. The molecule has 0 bridgehead atoms. The molecule has 1 N–H and O–H groups in total. The van der Waals surface area contributed by atoms with Crippen LogP contribution in [0.4, 0.5) is 15.8 Å². The van der Waals surface area contributed by atoms with Crippen LogP contribution >= 0.6 is 27.5 Å². The van der Waals surface area contributed by atoms with Gasteiger partial charge < -0.3 is 5.32 Å². The molecule has 1 heterocycles. The van der Waals surface area contributed by atoms with E-state index in [2.05, 4.69) is 26.2 Å². The quantitative estimate of drug-likeness (QED) is 0.833. The molecule has 0 unspecified atom stereocenters. The highest BCUT2D eigenvalue weighted by atomic mass is 79.9. The number of anilines is 2. The second-order valence-corrected chi connectivity index (χ2v) is 4.36. The van der Waals surface area contributed by atoms with Crippen LogP contribution in [-0.2, 0) is 0 Å². The molecular formula is C11H7BrClFN2. The summed E-state index contributed by atoms with van der Waals surface area (Å²) < 4.78 is 13.5. The first-order valence-electron chi connectivity index (χ1n) is 4.49. The Bertz CT molecular complexity index is 519. The highest BCUT2D eigenvalue weighted by molar-refractivity contribution is 9.10. The zero-order valence-electron chi connectivity index (χ0n) is 8.05. The van der Waals surface area contributed by atoms with Gasteiger partial charge in [0, 0.05) is 16.4 Å². The second-order valence-electron chi connectivity index (χ2n) is 3.12. The van der Waals surface area contributed by atoms with E-state index >= 15 is 0 Å². The molecule has 0 amide bonds. The van der Waals surface area contributed by atoms with Crippen LogP contribution in [0.15, 0.2) is 41.0 Å². The molecule has 0 spiro atoms. The van der Waals surface area contributed by atoms with E-state index in [4.69, 9.17) is 11.6 Å². The van der Waals surface area contributed by atoms with Crippen LogP contribution < -0.4 is 5.32 Å². The van der Waals surface area contributed by atoms with Crippen molar-refractivity contribution >= 4 is 38.9 Å². The molecular weight excluding hydrogens is 294 g/mol. The number of halogens is 3. The molecule has 0 aliphatic heterocycles. The summed E-state index contributed by atoms with van der Waals surface area (Å²) in [5, 5.41) is 3.51. The summed E-state index contributed by atoms with van der Waals surface area (Å²) in [5.41, 5.74) is 1.57. The number of hydrogen-bond acceptors (Lipinski definition) is 2. The van der Waals surface area contributed by atoms with Gasteiger partial charge in [-0.1, -0.05) is 11.6 Å². The molecule has 0 saturated carbocycles. The number of hydrogen-bond donors (Lipinski definition) is 1. The van der Waals surface area contributed by atoms with Gasteiger partial charge in [-0.05, 0) is 46.3 Å². The maximum Gasteiger partial charge on any atom is 0.131 e. The van der Waals surface area contributed by atoms with Crippen molar-refractivity contribution in [1.29, 1.82) is 0 Å². The van der Waals surface area contributed by atoms with Gasteiger partial charge in [0.15, 0.2) is 0 Å². The number of nitrogens with zero attached hydrogens (tertiary/aromatic N) is 1. The van der Waals surface area contributed by atoms with E-state index in [0.717, 1.165) is 11.4 Å². The van der Waals surface area contributed by atoms with Gasteiger partial charge in [0.2, 0.25) is 0 Å². The molecule has 2 nitrogen and oxygen atoms in total. The van der Waals surface area contributed by atoms with Gasteiger partial charge in [-0.25, -0.2) is 9.37 Å². The zero-order valence-corrected chi connectivity index (χ0v) is 10.4. The minimum atomic E-state index is -0.287. The van der Waals surface area contributed by atoms with E-state index in [-0.39, 0.29) is 5.82 Å². The molecule has 82 valence electrons. The highest BCUT2D eigenvalue weighted by Crippen LogP contribution is 2.26. The number of aromatic nitrogens is 1. The third kappa shape index (κ3) is 2.71. The number of pyridine rings is 1. The van der Waals surface area contributed by atoms with Crippen LogP contribution in [0.25, 0.3) is 0 Å². The Morgan fingerprint density at radius 1 is 1.25 bits per heavy atom. The van der Waals surface area contributed by atoms with E-state index in [9.17, 15) is 4.39 Å². The van der Waals surface area contributed by atoms with Gasteiger partial charge in [0.25, 0.3) is 0 Å². The predicted molar refractivity (Wildman–Crippen MR) is 66.6 cm³/mol. The summed E-state index contributed by atoms with van der Waals surface area (Å²) in [6.45, 7) is 0. The Balaban J connectivity index is 2.27. The topological polar surface area (TPSA) is 24.9 Å². The first-order valence-corrected chi connectivity index (χ1v) is 5.66. The Labute approximate surface area is 106 Å². The van der Waals surface area contributed by atoms with Crippen LogP contribution in [0.2, 0.25) is 5.15 Å². The van der Waals surface area contributed by atoms with E-state index < -0.39 is 0 Å². The predicted octanol–water partition coefficient (Wildman–Crippen LogP) is 4.38. The molecule has 0 saturated heterocycles. The minimum absolute atomic E-state index is 0.287. The largest absolute Gasteiger partial charge is 0.354 e. The zero-order chi connectivity index (χ0) is 11.5. The fraction of sp³-hybridized carbons (Fsp3) is 0. The average molecular weight is 302 g/mol. The van der Waals surface area contributed by atoms with Gasteiger partial charge in [-0.3, -0.25) is 0 Å². The van der Waals surface area contributed by atoms with Crippen molar-refractivity contribution in [2.75, 3.05) is 5.32 Å². The van der Waals surface area contributed by atoms with Gasteiger partial charge in [0.05, 0.1) is 5.69 Å². The summed E-state index contributed by atoms with van der Waals surface area (Å²) in [6, 6.07) is 7.90. The smallest absolute Gasteiger partial charge is 0.131 e. The molecule has 2 aromatic rings. The lowest BCUT2D eigenvalue weighted by atomic mass is 10.3. The summed E-state index contributed by atoms with van der Waals surface area (Å²) in [5.74, 6) is -0.287. The molecule has 5 heteroatoms. The SMILES string of the molecule is Fc1ccc(Nc2ccnc(Cl)c2)c(Br)c1. The Hall–Kier alpha value is -1.13. The number of rotatable bonds is 2.